The fourth-order valence-electron chi connectivity index (χ4n) is 3.70. The van der Waals surface area contributed by atoms with Gasteiger partial charge in [0.05, 0.1) is 15.5 Å². The summed E-state index contributed by atoms with van der Waals surface area (Å²) in [5, 5.41) is 2.26. The number of fused-ring (bicyclic) bond motifs is 1. The van der Waals surface area contributed by atoms with Crippen molar-refractivity contribution in [2.45, 2.75) is 78.1 Å². The third kappa shape index (κ3) is 6.33. The average Bonchev–Trinajstić information content (AvgIpc) is 3.52. The van der Waals surface area contributed by atoms with Gasteiger partial charge in [-0.15, -0.1) is 22.7 Å². The van der Waals surface area contributed by atoms with Gasteiger partial charge < -0.3 is 0 Å². The summed E-state index contributed by atoms with van der Waals surface area (Å²) in [5.74, 6) is 0. The molecule has 0 amide bonds. The van der Waals surface area contributed by atoms with Crippen LogP contribution in [0.15, 0.2) is 12.1 Å². The molecule has 32 heavy (non-hydrogen) atoms. The Morgan fingerprint density at radius 2 is 1.06 bits per heavy atom. The molecule has 0 saturated heterocycles. The van der Waals surface area contributed by atoms with Crippen LogP contribution in [0.5, 0.6) is 0 Å². The molecule has 2 nitrogen and oxygen atoms in total. The molecule has 4 aromatic rings. The van der Waals surface area contributed by atoms with Crippen LogP contribution in [-0.2, 0) is 12.8 Å². The molecule has 0 aromatic carbocycles. The molecule has 0 bridgehead atoms. The molecular formula is C24H28I2N2S4. The summed E-state index contributed by atoms with van der Waals surface area (Å²) in [6, 6.07) is 4.74. The number of unbranched alkanes of at least 4 members (excludes halogenated alkanes) is 6. The molecule has 0 aliphatic carbocycles. The lowest BCUT2D eigenvalue weighted by Gasteiger charge is -1.98. The second kappa shape index (κ2) is 12.4. The summed E-state index contributed by atoms with van der Waals surface area (Å²) in [6.45, 7) is 4.54. The maximum Gasteiger partial charge on any atom is 0.155 e. The maximum atomic E-state index is 4.98. The second-order valence-corrected chi connectivity index (χ2v) is 15.8. The topological polar surface area (TPSA) is 25.8 Å². The number of rotatable bonds is 12. The zero-order valence-corrected chi connectivity index (χ0v) is 26.1. The van der Waals surface area contributed by atoms with Crippen molar-refractivity contribution in [3.63, 3.8) is 0 Å². The summed E-state index contributed by atoms with van der Waals surface area (Å²) in [7, 11) is 0. The molecule has 0 saturated carbocycles. The van der Waals surface area contributed by atoms with Crippen molar-refractivity contribution in [3.05, 3.63) is 29.0 Å². The molecule has 4 heterocycles. The van der Waals surface area contributed by atoms with Crippen molar-refractivity contribution in [2.75, 3.05) is 0 Å². The Kier molecular flexibility index (Phi) is 9.85. The summed E-state index contributed by atoms with van der Waals surface area (Å²) in [5.41, 5.74) is 2.99. The van der Waals surface area contributed by atoms with Crippen LogP contribution in [0.25, 0.3) is 29.4 Å². The van der Waals surface area contributed by atoms with Gasteiger partial charge >= 0.3 is 0 Å². The van der Waals surface area contributed by atoms with E-state index >= 15 is 0 Å². The third-order valence-corrected chi connectivity index (χ3v) is 12.5. The summed E-state index contributed by atoms with van der Waals surface area (Å²) >= 11 is 12.3. The molecule has 4 rings (SSSR count). The summed E-state index contributed by atoms with van der Waals surface area (Å²) < 4.78 is 2.84. The first kappa shape index (κ1) is 25.5. The minimum Gasteiger partial charge on any atom is -0.222 e. The van der Waals surface area contributed by atoms with E-state index in [1.165, 1.54) is 90.9 Å². The smallest absolute Gasteiger partial charge is 0.155 e. The Balaban J connectivity index is 1.46. The largest absolute Gasteiger partial charge is 0.222 e. The molecule has 8 heteroatoms. The lowest BCUT2D eigenvalue weighted by Crippen LogP contribution is -1.84. The number of hydrogen-bond acceptors (Lipinski definition) is 6. The lowest BCUT2D eigenvalue weighted by molar-refractivity contribution is 0.667. The molecule has 0 spiro atoms. The molecule has 4 aromatic heterocycles. The molecule has 0 N–H and O–H groups in total. The van der Waals surface area contributed by atoms with Gasteiger partial charge in [-0.2, -0.15) is 0 Å². The van der Waals surface area contributed by atoms with Gasteiger partial charge in [0.2, 0.25) is 0 Å². The highest BCUT2D eigenvalue weighted by Gasteiger charge is 2.18. The SMILES string of the molecule is CCCCCCc1cc(-c2nc3sc(-c4cc(CCCCCC)c(I)s4)nc3s2)sc1I. The molecule has 0 unspecified atom stereocenters. The molecule has 0 fully saturated rings. The molecule has 0 aliphatic heterocycles. The van der Waals surface area contributed by atoms with Crippen molar-refractivity contribution in [1.82, 2.24) is 9.97 Å². The quantitative estimate of drug-likeness (QED) is 0.107. The van der Waals surface area contributed by atoms with E-state index in [9.17, 15) is 0 Å². The van der Waals surface area contributed by atoms with Gasteiger partial charge in [-0.1, -0.05) is 75.0 Å². The predicted molar refractivity (Wildman–Crippen MR) is 163 cm³/mol. The minimum atomic E-state index is 1.08. The minimum absolute atomic E-state index is 1.08. The van der Waals surface area contributed by atoms with Gasteiger partial charge in [-0.3, -0.25) is 0 Å². The number of halogens is 2. The van der Waals surface area contributed by atoms with Crippen LogP contribution in [0.2, 0.25) is 0 Å². The van der Waals surface area contributed by atoms with Crippen molar-refractivity contribution < 1.29 is 0 Å². The highest BCUT2D eigenvalue weighted by Crippen LogP contribution is 2.42. The number of aromatic nitrogens is 2. The fraction of sp³-hybridized carbons (Fsp3) is 0.500. The van der Waals surface area contributed by atoms with E-state index in [0.717, 1.165) is 19.7 Å². The zero-order valence-electron chi connectivity index (χ0n) is 18.5. The lowest BCUT2D eigenvalue weighted by atomic mass is 10.1. The van der Waals surface area contributed by atoms with Gasteiger partial charge in [0.1, 0.15) is 10.0 Å². The van der Waals surface area contributed by atoms with Crippen LogP contribution >= 0.6 is 90.5 Å². The number of thiazole rings is 2. The zero-order chi connectivity index (χ0) is 22.5. The van der Waals surface area contributed by atoms with E-state index in [1.807, 2.05) is 22.7 Å². The van der Waals surface area contributed by atoms with Crippen molar-refractivity contribution in [1.29, 1.82) is 0 Å². The third-order valence-electron chi connectivity index (χ3n) is 5.51. The van der Waals surface area contributed by atoms with Crippen LogP contribution in [0, 0.1) is 5.77 Å². The Hall–Kier alpha value is 0.380. The highest BCUT2D eigenvalue weighted by atomic mass is 127. The second-order valence-electron chi connectivity index (χ2n) is 8.09. The van der Waals surface area contributed by atoms with E-state index in [4.69, 9.17) is 9.97 Å². The van der Waals surface area contributed by atoms with Gasteiger partial charge in [-0.05, 0) is 94.1 Å². The Morgan fingerprint density at radius 3 is 1.47 bits per heavy atom. The van der Waals surface area contributed by atoms with E-state index in [-0.39, 0.29) is 0 Å². The van der Waals surface area contributed by atoms with Crippen LogP contribution in [0.1, 0.15) is 76.3 Å². The Labute approximate surface area is 234 Å². The standard InChI is InChI=1S/C24H28I2N2S4/c1-3-5-7-9-11-15-13-17(29-19(15)25)21-27-23-24(31-21)28-22(32-23)18-14-16(20(26)30-18)12-10-8-6-4-2/h13-14H,3-12H2,1-2H3. The van der Waals surface area contributed by atoms with Crippen LogP contribution < -0.4 is 0 Å². The summed E-state index contributed by atoms with van der Waals surface area (Å²) in [6.07, 6.45) is 12.9. The number of thiophene rings is 2. The number of aryl methyl sites for hydroxylation is 2. The van der Waals surface area contributed by atoms with Crippen LogP contribution in [0.4, 0.5) is 0 Å². The van der Waals surface area contributed by atoms with Crippen molar-refractivity contribution in [3.8, 4) is 19.8 Å². The number of nitrogens with zero attached hydrogens (tertiary/aromatic N) is 2. The average molecular weight is 727 g/mol. The first-order valence-electron chi connectivity index (χ1n) is 11.4. The highest BCUT2D eigenvalue weighted by molar-refractivity contribution is 14.1. The van der Waals surface area contributed by atoms with Crippen LogP contribution in [-0.4, -0.2) is 9.97 Å². The van der Waals surface area contributed by atoms with Gasteiger partial charge in [0.15, 0.2) is 9.66 Å². The first-order valence-corrected chi connectivity index (χ1v) is 16.9. The predicted octanol–water partition coefficient (Wildman–Crippen LogP) is 10.7. The Bertz CT molecular complexity index is 1040. The van der Waals surface area contributed by atoms with E-state index < -0.39 is 0 Å². The van der Waals surface area contributed by atoms with E-state index in [1.54, 1.807) is 22.7 Å². The fourth-order valence-corrected chi connectivity index (χ4v) is 9.98. The van der Waals surface area contributed by atoms with E-state index in [2.05, 4.69) is 71.2 Å². The molecular weight excluding hydrogens is 698 g/mol. The molecule has 0 radical (unpaired) electrons. The van der Waals surface area contributed by atoms with Gasteiger partial charge in [0.25, 0.3) is 0 Å². The van der Waals surface area contributed by atoms with Crippen molar-refractivity contribution >= 4 is 100 Å². The molecule has 0 aliphatic rings. The Morgan fingerprint density at radius 1 is 0.625 bits per heavy atom. The first-order chi connectivity index (χ1) is 15.6. The van der Waals surface area contributed by atoms with Crippen LogP contribution in [0.3, 0.4) is 0 Å². The maximum absolute atomic E-state index is 4.98. The van der Waals surface area contributed by atoms with E-state index in [0.29, 0.717) is 0 Å². The molecule has 0 atom stereocenters. The summed E-state index contributed by atoms with van der Waals surface area (Å²) in [4.78, 5) is 14.7. The van der Waals surface area contributed by atoms with Gasteiger partial charge in [0, 0.05) is 0 Å². The van der Waals surface area contributed by atoms with Crippen molar-refractivity contribution in [2.24, 2.45) is 0 Å². The number of hydrogen-bond donors (Lipinski definition) is 0. The normalized spacial score (nSPS) is 11.8. The van der Waals surface area contributed by atoms with Gasteiger partial charge in [-0.25, -0.2) is 9.97 Å². The molecule has 172 valence electrons. The monoisotopic (exact) mass is 726 g/mol.